The maximum Gasteiger partial charge on any atom is 0.238 e. The van der Waals surface area contributed by atoms with Gasteiger partial charge >= 0.3 is 0 Å². The number of hydrogen-bond donors (Lipinski definition) is 2. The van der Waals surface area contributed by atoms with Crippen molar-refractivity contribution in [3.63, 3.8) is 0 Å². The minimum atomic E-state index is 0.403. The van der Waals surface area contributed by atoms with E-state index >= 15 is 0 Å². The number of nitrogens with zero attached hydrogens (tertiary/aromatic N) is 5. The summed E-state index contributed by atoms with van der Waals surface area (Å²) in [4.78, 5) is 8.26. The molecule has 8 heteroatoms. The molecule has 0 saturated heterocycles. The third-order valence-corrected chi connectivity index (χ3v) is 3.95. The molecule has 0 fully saturated rings. The Hall–Kier alpha value is -1.67. The summed E-state index contributed by atoms with van der Waals surface area (Å²) in [5, 5.41) is 10.2. The second-order valence-corrected chi connectivity index (χ2v) is 5.31. The van der Waals surface area contributed by atoms with Crippen molar-refractivity contribution in [3.8, 4) is 0 Å². The fraction of sp³-hybridized carbons (Fsp3) is 0.455. The van der Waals surface area contributed by atoms with Crippen molar-refractivity contribution in [2.45, 2.75) is 42.4 Å². The highest BCUT2D eigenvalue weighted by Gasteiger charge is 2.16. The number of nitrogens with two attached hydrogens (primary N) is 1. The topological polar surface area (TPSA) is 94.5 Å². The summed E-state index contributed by atoms with van der Waals surface area (Å²) in [6.45, 7) is 0.984. The van der Waals surface area contributed by atoms with Gasteiger partial charge in [0.2, 0.25) is 5.95 Å². The number of hydrogen-bond acceptors (Lipinski definition) is 7. The molecular formula is C11H15N7S. The molecule has 7 nitrogen and oxygen atoms in total. The predicted molar refractivity (Wildman–Crippen MR) is 71.5 cm³/mol. The monoisotopic (exact) mass is 277 g/mol. The maximum absolute atomic E-state index is 5.31. The van der Waals surface area contributed by atoms with Gasteiger partial charge < -0.3 is 4.57 Å². The van der Waals surface area contributed by atoms with Gasteiger partial charge in [-0.05, 0) is 30.7 Å². The summed E-state index contributed by atoms with van der Waals surface area (Å²) in [7, 11) is 0. The highest BCUT2D eigenvalue weighted by Crippen LogP contribution is 2.27. The van der Waals surface area contributed by atoms with Crippen molar-refractivity contribution in [2.75, 3.05) is 5.43 Å². The Labute approximate surface area is 115 Å². The van der Waals surface area contributed by atoms with Crippen LogP contribution in [0.3, 0.4) is 0 Å². The van der Waals surface area contributed by atoms with Crippen LogP contribution in [0.1, 0.15) is 25.1 Å². The molecule has 3 rings (SSSR count). The number of aryl methyl sites for hydroxylation is 1. The zero-order valence-corrected chi connectivity index (χ0v) is 11.2. The van der Waals surface area contributed by atoms with Gasteiger partial charge in [0.1, 0.15) is 10.9 Å². The number of hydrazine groups is 1. The van der Waals surface area contributed by atoms with Crippen molar-refractivity contribution >= 4 is 17.7 Å². The highest BCUT2D eigenvalue weighted by molar-refractivity contribution is 7.99. The number of nitrogen functional groups attached to an aromatic ring is 1. The molecule has 3 N–H and O–H groups in total. The van der Waals surface area contributed by atoms with Gasteiger partial charge in [0, 0.05) is 19.2 Å². The van der Waals surface area contributed by atoms with Crippen molar-refractivity contribution in [3.05, 3.63) is 18.1 Å². The summed E-state index contributed by atoms with van der Waals surface area (Å²) in [6, 6.07) is 1.84. The van der Waals surface area contributed by atoms with E-state index in [4.69, 9.17) is 5.84 Å². The molecule has 100 valence electrons. The summed E-state index contributed by atoms with van der Waals surface area (Å²) in [6.07, 6.45) is 6.30. The second kappa shape index (κ2) is 5.54. The summed E-state index contributed by atoms with van der Waals surface area (Å²) < 4.78 is 2.19. The first kappa shape index (κ1) is 12.4. The summed E-state index contributed by atoms with van der Waals surface area (Å²) >= 11 is 1.49. The van der Waals surface area contributed by atoms with Gasteiger partial charge in [-0.25, -0.2) is 15.8 Å². The molecule has 0 spiro atoms. The van der Waals surface area contributed by atoms with E-state index in [-0.39, 0.29) is 0 Å². The van der Waals surface area contributed by atoms with Crippen LogP contribution in [0.25, 0.3) is 0 Å². The van der Waals surface area contributed by atoms with Crippen molar-refractivity contribution in [1.82, 2.24) is 24.7 Å². The standard InChI is InChI=1S/C11H15N7S/c12-15-10-13-6-5-9(14-10)19-11-17-16-8-4-2-1-3-7-18(8)11/h5-6H,1-4,7,12H2,(H,13,14,15). The van der Waals surface area contributed by atoms with Gasteiger partial charge in [0.25, 0.3) is 0 Å². The van der Waals surface area contributed by atoms with Gasteiger partial charge in [-0.1, -0.05) is 6.42 Å². The minimum Gasteiger partial charge on any atom is -0.306 e. The van der Waals surface area contributed by atoms with Crippen LogP contribution in [0.15, 0.2) is 22.4 Å². The van der Waals surface area contributed by atoms with E-state index in [0.717, 1.165) is 29.0 Å². The van der Waals surface area contributed by atoms with Crippen molar-refractivity contribution < 1.29 is 0 Å². The minimum absolute atomic E-state index is 0.403. The summed E-state index contributed by atoms with van der Waals surface area (Å²) in [5.74, 6) is 6.78. The van der Waals surface area contributed by atoms with E-state index < -0.39 is 0 Å². The first-order valence-corrected chi connectivity index (χ1v) is 7.08. The Bertz CT molecular complexity index is 568. The van der Waals surface area contributed by atoms with E-state index in [1.165, 1.54) is 31.0 Å². The quantitative estimate of drug-likeness (QED) is 0.495. The van der Waals surface area contributed by atoms with Gasteiger partial charge in [-0.3, -0.25) is 5.43 Å². The zero-order chi connectivity index (χ0) is 13.1. The lowest BCUT2D eigenvalue weighted by Gasteiger charge is -2.06. The van der Waals surface area contributed by atoms with Gasteiger partial charge in [-0.2, -0.15) is 0 Å². The predicted octanol–water partition coefficient (Wildman–Crippen LogP) is 1.23. The number of nitrogens with one attached hydrogen (secondary N) is 1. The average molecular weight is 277 g/mol. The van der Waals surface area contributed by atoms with E-state index in [1.54, 1.807) is 6.20 Å². The zero-order valence-electron chi connectivity index (χ0n) is 10.4. The Balaban J connectivity index is 1.84. The normalized spacial score (nSPS) is 14.8. The molecule has 1 aliphatic heterocycles. The van der Waals surface area contributed by atoms with E-state index in [0.29, 0.717) is 5.95 Å². The first-order valence-electron chi connectivity index (χ1n) is 6.26. The number of anilines is 1. The molecule has 2 aromatic heterocycles. The third kappa shape index (κ3) is 2.69. The van der Waals surface area contributed by atoms with Crippen LogP contribution in [-0.2, 0) is 13.0 Å². The molecule has 0 saturated carbocycles. The Morgan fingerprint density at radius 1 is 1.26 bits per heavy atom. The van der Waals surface area contributed by atoms with Crippen LogP contribution in [0.4, 0.5) is 5.95 Å². The Morgan fingerprint density at radius 3 is 3.11 bits per heavy atom. The SMILES string of the molecule is NNc1nccc(Sc2nnc3n2CCCCC3)n1. The molecule has 0 atom stereocenters. The second-order valence-electron chi connectivity index (χ2n) is 4.33. The molecule has 19 heavy (non-hydrogen) atoms. The van der Waals surface area contributed by atoms with Gasteiger partial charge in [0.05, 0.1) is 0 Å². The van der Waals surface area contributed by atoms with Crippen LogP contribution in [0.2, 0.25) is 0 Å². The van der Waals surface area contributed by atoms with Gasteiger partial charge in [0.15, 0.2) is 5.16 Å². The van der Waals surface area contributed by atoms with E-state index in [2.05, 4.69) is 30.2 Å². The molecule has 3 heterocycles. The smallest absolute Gasteiger partial charge is 0.238 e. The lowest BCUT2D eigenvalue weighted by atomic mass is 10.2. The fourth-order valence-electron chi connectivity index (χ4n) is 2.10. The fourth-order valence-corrected chi connectivity index (χ4v) is 2.93. The molecule has 2 aromatic rings. The highest BCUT2D eigenvalue weighted by atomic mass is 32.2. The van der Waals surface area contributed by atoms with Crippen LogP contribution in [-0.4, -0.2) is 24.7 Å². The number of aromatic nitrogens is 5. The lowest BCUT2D eigenvalue weighted by Crippen LogP contribution is -2.10. The maximum atomic E-state index is 5.31. The Morgan fingerprint density at radius 2 is 2.21 bits per heavy atom. The van der Waals surface area contributed by atoms with Crippen molar-refractivity contribution in [2.24, 2.45) is 5.84 Å². The van der Waals surface area contributed by atoms with Crippen LogP contribution >= 0.6 is 11.8 Å². The van der Waals surface area contributed by atoms with E-state index in [1.807, 2.05) is 6.07 Å². The number of rotatable bonds is 3. The summed E-state index contributed by atoms with van der Waals surface area (Å²) in [5.41, 5.74) is 2.44. The van der Waals surface area contributed by atoms with Gasteiger partial charge in [-0.15, -0.1) is 10.2 Å². The van der Waals surface area contributed by atoms with Crippen LogP contribution in [0.5, 0.6) is 0 Å². The molecule has 0 bridgehead atoms. The Kier molecular flexibility index (Phi) is 3.60. The molecule has 0 aromatic carbocycles. The lowest BCUT2D eigenvalue weighted by molar-refractivity contribution is 0.590. The molecule has 0 aliphatic carbocycles. The molecule has 0 radical (unpaired) electrons. The average Bonchev–Trinajstić information content (AvgIpc) is 2.68. The first-order chi connectivity index (χ1) is 9.36. The largest absolute Gasteiger partial charge is 0.306 e. The molecular weight excluding hydrogens is 262 g/mol. The van der Waals surface area contributed by atoms with Crippen LogP contribution < -0.4 is 11.3 Å². The molecule has 1 aliphatic rings. The number of fused-ring (bicyclic) bond motifs is 1. The third-order valence-electron chi connectivity index (χ3n) is 3.03. The molecule has 0 amide bonds. The van der Waals surface area contributed by atoms with Crippen LogP contribution in [0, 0.1) is 0 Å². The van der Waals surface area contributed by atoms with Crippen molar-refractivity contribution in [1.29, 1.82) is 0 Å². The molecule has 0 unspecified atom stereocenters. The van der Waals surface area contributed by atoms with E-state index in [9.17, 15) is 0 Å².